The molecule has 1 fully saturated rings. The van der Waals surface area contributed by atoms with Gasteiger partial charge in [0.2, 0.25) is 10.0 Å². The molecule has 1 atom stereocenters. The molecule has 1 aliphatic rings. The van der Waals surface area contributed by atoms with Crippen molar-refractivity contribution in [1.82, 2.24) is 13.9 Å². The molecule has 1 unspecified atom stereocenters. The highest BCUT2D eigenvalue weighted by molar-refractivity contribution is 7.89. The van der Waals surface area contributed by atoms with Gasteiger partial charge < -0.3 is 14.2 Å². The number of piperazine rings is 1. The number of fused-ring (bicyclic) bond motifs is 1. The van der Waals surface area contributed by atoms with Crippen LogP contribution in [-0.2, 0) is 16.6 Å². The summed E-state index contributed by atoms with van der Waals surface area (Å²) in [4.78, 5) is 7.59. The van der Waals surface area contributed by atoms with Gasteiger partial charge in [-0.05, 0) is 55.0 Å². The average Bonchev–Trinajstić information content (AvgIpc) is 3.36. The van der Waals surface area contributed by atoms with Crippen LogP contribution in [0, 0.1) is 0 Å². The van der Waals surface area contributed by atoms with E-state index in [1.165, 1.54) is 5.56 Å². The van der Waals surface area contributed by atoms with Gasteiger partial charge in [-0.25, -0.2) is 13.4 Å². The summed E-state index contributed by atoms with van der Waals surface area (Å²) in [5.41, 5.74) is 4.17. The van der Waals surface area contributed by atoms with Crippen molar-refractivity contribution < 1.29 is 13.2 Å². The minimum absolute atomic E-state index is 0.256. The SMILES string of the molecule is CC(Oc1ccccc1)c1nc2ccc(N3CCN(S(=O)(=O)c4ccccc4)CC3)cc2n1Cc1ccccc1. The van der Waals surface area contributed by atoms with Crippen LogP contribution in [0.15, 0.2) is 114 Å². The highest BCUT2D eigenvalue weighted by Crippen LogP contribution is 2.30. The van der Waals surface area contributed by atoms with Crippen LogP contribution in [0.2, 0.25) is 0 Å². The molecule has 7 nitrogen and oxygen atoms in total. The van der Waals surface area contributed by atoms with Crippen molar-refractivity contribution in [3.63, 3.8) is 0 Å². The minimum atomic E-state index is -3.50. The Morgan fingerprint density at radius 3 is 2.10 bits per heavy atom. The van der Waals surface area contributed by atoms with Crippen LogP contribution >= 0.6 is 0 Å². The molecule has 2 heterocycles. The summed E-state index contributed by atoms with van der Waals surface area (Å²) in [5.74, 6) is 1.66. The van der Waals surface area contributed by atoms with Gasteiger partial charge in [0, 0.05) is 38.4 Å². The molecule has 204 valence electrons. The summed E-state index contributed by atoms with van der Waals surface area (Å²) in [6.45, 7) is 4.80. The molecule has 0 amide bonds. The predicted molar refractivity (Wildman–Crippen MR) is 158 cm³/mol. The molecule has 0 N–H and O–H groups in total. The maximum absolute atomic E-state index is 13.1. The van der Waals surface area contributed by atoms with Gasteiger partial charge in [-0.15, -0.1) is 0 Å². The van der Waals surface area contributed by atoms with E-state index in [0.717, 1.165) is 28.3 Å². The zero-order valence-electron chi connectivity index (χ0n) is 22.4. The molecule has 6 rings (SSSR count). The lowest BCUT2D eigenvalue weighted by Crippen LogP contribution is -2.48. The first-order chi connectivity index (χ1) is 19.5. The lowest BCUT2D eigenvalue weighted by atomic mass is 10.2. The van der Waals surface area contributed by atoms with E-state index in [9.17, 15) is 8.42 Å². The summed E-state index contributed by atoms with van der Waals surface area (Å²) >= 11 is 0. The highest BCUT2D eigenvalue weighted by Gasteiger charge is 2.29. The maximum atomic E-state index is 13.1. The second-order valence-electron chi connectivity index (χ2n) is 9.99. The second-order valence-corrected chi connectivity index (χ2v) is 11.9. The van der Waals surface area contributed by atoms with Gasteiger partial charge in [0.15, 0.2) is 11.9 Å². The van der Waals surface area contributed by atoms with Gasteiger partial charge in [0.25, 0.3) is 0 Å². The number of ether oxygens (including phenoxy) is 1. The highest BCUT2D eigenvalue weighted by atomic mass is 32.2. The molecule has 8 heteroatoms. The van der Waals surface area contributed by atoms with Crippen molar-refractivity contribution in [3.05, 3.63) is 121 Å². The monoisotopic (exact) mass is 552 g/mol. The number of anilines is 1. The third-order valence-electron chi connectivity index (χ3n) is 7.35. The van der Waals surface area contributed by atoms with E-state index in [1.807, 2.05) is 61.5 Å². The number of aromatic nitrogens is 2. The third-order valence-corrected chi connectivity index (χ3v) is 9.26. The fraction of sp³-hybridized carbons (Fsp3) is 0.219. The molecule has 5 aromatic rings. The van der Waals surface area contributed by atoms with Gasteiger partial charge in [0.1, 0.15) is 5.75 Å². The Labute approximate surface area is 235 Å². The molecule has 0 aliphatic carbocycles. The Morgan fingerprint density at radius 2 is 1.43 bits per heavy atom. The Morgan fingerprint density at radius 1 is 0.800 bits per heavy atom. The lowest BCUT2D eigenvalue weighted by Gasteiger charge is -2.35. The molecule has 0 radical (unpaired) electrons. The van der Waals surface area contributed by atoms with Crippen LogP contribution in [0.4, 0.5) is 5.69 Å². The number of rotatable bonds is 8. The van der Waals surface area contributed by atoms with E-state index in [2.05, 4.69) is 39.8 Å². The van der Waals surface area contributed by atoms with E-state index in [-0.39, 0.29) is 6.10 Å². The molecule has 1 saturated heterocycles. The topological polar surface area (TPSA) is 67.7 Å². The van der Waals surface area contributed by atoms with Crippen LogP contribution < -0.4 is 9.64 Å². The molecule has 0 spiro atoms. The number of nitrogens with zero attached hydrogens (tertiary/aromatic N) is 4. The number of imidazole rings is 1. The smallest absolute Gasteiger partial charge is 0.243 e. The van der Waals surface area contributed by atoms with Gasteiger partial charge in [0.05, 0.1) is 15.9 Å². The second kappa shape index (κ2) is 11.2. The summed E-state index contributed by atoms with van der Waals surface area (Å²) in [5, 5.41) is 0. The first kappa shape index (κ1) is 26.1. The Hall–Kier alpha value is -4.14. The Bertz CT molecular complexity index is 1680. The van der Waals surface area contributed by atoms with Crippen LogP contribution in [0.25, 0.3) is 11.0 Å². The molecule has 1 aliphatic heterocycles. The van der Waals surface area contributed by atoms with Crippen molar-refractivity contribution in [3.8, 4) is 5.75 Å². The van der Waals surface area contributed by atoms with E-state index in [4.69, 9.17) is 9.72 Å². The van der Waals surface area contributed by atoms with Crippen LogP contribution in [0.5, 0.6) is 5.75 Å². The number of para-hydroxylation sites is 1. The van der Waals surface area contributed by atoms with Crippen LogP contribution in [0.1, 0.15) is 24.4 Å². The predicted octanol–water partition coefficient (Wildman–Crippen LogP) is 5.74. The third kappa shape index (κ3) is 5.33. The maximum Gasteiger partial charge on any atom is 0.243 e. The Kier molecular flexibility index (Phi) is 7.28. The summed E-state index contributed by atoms with van der Waals surface area (Å²) in [7, 11) is -3.50. The molecular weight excluding hydrogens is 520 g/mol. The number of sulfonamides is 1. The average molecular weight is 553 g/mol. The number of hydrogen-bond donors (Lipinski definition) is 0. The van der Waals surface area contributed by atoms with Crippen LogP contribution in [0.3, 0.4) is 0 Å². The van der Waals surface area contributed by atoms with E-state index >= 15 is 0 Å². The molecule has 1 aromatic heterocycles. The van der Waals surface area contributed by atoms with Crippen molar-refractivity contribution in [2.24, 2.45) is 0 Å². The van der Waals surface area contributed by atoms with E-state index in [1.54, 1.807) is 28.6 Å². The minimum Gasteiger partial charge on any atom is -0.483 e. The van der Waals surface area contributed by atoms with Crippen molar-refractivity contribution in [1.29, 1.82) is 0 Å². The van der Waals surface area contributed by atoms with Crippen molar-refractivity contribution in [2.45, 2.75) is 24.5 Å². The molecule has 0 saturated carbocycles. The zero-order chi connectivity index (χ0) is 27.5. The fourth-order valence-electron chi connectivity index (χ4n) is 5.25. The van der Waals surface area contributed by atoms with Gasteiger partial charge in [-0.3, -0.25) is 0 Å². The normalized spacial score (nSPS) is 15.3. The molecular formula is C32H32N4O3S. The lowest BCUT2D eigenvalue weighted by molar-refractivity contribution is 0.212. The summed E-state index contributed by atoms with van der Waals surface area (Å²) in [6.07, 6.45) is -0.256. The van der Waals surface area contributed by atoms with E-state index < -0.39 is 10.0 Å². The largest absolute Gasteiger partial charge is 0.483 e. The molecule has 40 heavy (non-hydrogen) atoms. The molecule has 0 bridgehead atoms. The summed E-state index contributed by atoms with van der Waals surface area (Å²) < 4.78 is 36.3. The zero-order valence-corrected chi connectivity index (χ0v) is 23.2. The summed E-state index contributed by atoms with van der Waals surface area (Å²) in [6, 6.07) is 35.1. The Balaban J connectivity index is 1.28. The van der Waals surface area contributed by atoms with E-state index in [0.29, 0.717) is 37.6 Å². The van der Waals surface area contributed by atoms with Crippen molar-refractivity contribution >= 4 is 26.7 Å². The number of benzene rings is 4. The first-order valence-corrected chi connectivity index (χ1v) is 15.0. The molecule has 4 aromatic carbocycles. The van der Waals surface area contributed by atoms with Gasteiger partial charge in [-0.2, -0.15) is 4.31 Å². The fourth-order valence-corrected chi connectivity index (χ4v) is 6.70. The van der Waals surface area contributed by atoms with Crippen molar-refractivity contribution in [2.75, 3.05) is 31.1 Å². The van der Waals surface area contributed by atoms with Crippen LogP contribution in [-0.4, -0.2) is 48.5 Å². The first-order valence-electron chi connectivity index (χ1n) is 13.5. The van der Waals surface area contributed by atoms with Gasteiger partial charge >= 0.3 is 0 Å². The standard InChI is InChI=1S/C32H32N4O3S/c1-25(39-28-13-7-3-8-14-28)32-33-30-18-17-27(23-31(30)36(32)24-26-11-5-2-6-12-26)34-19-21-35(22-20-34)40(37,38)29-15-9-4-10-16-29/h2-18,23,25H,19-22,24H2,1H3. The van der Waals surface area contributed by atoms with Gasteiger partial charge in [-0.1, -0.05) is 66.7 Å². The quantitative estimate of drug-likeness (QED) is 0.246. The number of hydrogen-bond acceptors (Lipinski definition) is 5.